The number of hydrogen-bond acceptors (Lipinski definition) is 3. The van der Waals surface area contributed by atoms with Gasteiger partial charge in [-0.05, 0) is 32.1 Å². The highest BCUT2D eigenvalue weighted by Gasteiger charge is 2.38. The molecule has 6 nitrogen and oxygen atoms in total. The van der Waals surface area contributed by atoms with Crippen LogP contribution in [0.2, 0.25) is 0 Å². The number of carbonyl (C=O) groups is 2. The molecule has 6 heteroatoms. The number of hydrogen-bond donors (Lipinski definition) is 1. The monoisotopic (exact) mass is 316 g/mol. The van der Waals surface area contributed by atoms with Gasteiger partial charge >= 0.3 is 0 Å². The zero-order valence-corrected chi connectivity index (χ0v) is 13.4. The highest BCUT2D eigenvalue weighted by Crippen LogP contribution is 2.32. The van der Waals surface area contributed by atoms with Gasteiger partial charge in [0.2, 0.25) is 11.8 Å². The van der Waals surface area contributed by atoms with Crippen molar-refractivity contribution < 1.29 is 9.59 Å². The Morgan fingerprint density at radius 3 is 2.57 bits per heavy atom. The summed E-state index contributed by atoms with van der Waals surface area (Å²) in [5.74, 6) is -0.135. The van der Waals surface area contributed by atoms with E-state index in [1.54, 1.807) is 6.20 Å². The average molecular weight is 316 g/mol. The minimum Gasteiger partial charge on any atom is -0.339 e. The minimum atomic E-state index is -0.227. The van der Waals surface area contributed by atoms with Gasteiger partial charge in [-0.3, -0.25) is 14.3 Å². The molecule has 1 atom stereocenters. The lowest BCUT2D eigenvalue weighted by atomic mass is 9.93. The molecule has 0 radical (unpaired) electrons. The van der Waals surface area contributed by atoms with Gasteiger partial charge in [-0.2, -0.15) is 5.10 Å². The molecule has 2 aliphatic carbocycles. The van der Waals surface area contributed by atoms with Crippen LogP contribution in [0.4, 0.5) is 5.69 Å². The first kappa shape index (κ1) is 14.7. The quantitative estimate of drug-likeness (QED) is 0.927. The molecule has 3 aliphatic rings. The van der Waals surface area contributed by atoms with Gasteiger partial charge in [0.15, 0.2) is 0 Å². The highest BCUT2D eigenvalue weighted by molar-refractivity contribution is 5.97. The number of amides is 2. The molecule has 4 rings (SSSR count). The molecule has 124 valence electrons. The van der Waals surface area contributed by atoms with Gasteiger partial charge in [0.05, 0.1) is 23.8 Å². The zero-order valence-electron chi connectivity index (χ0n) is 13.4. The Labute approximate surface area is 136 Å². The first-order valence-corrected chi connectivity index (χ1v) is 8.85. The van der Waals surface area contributed by atoms with Gasteiger partial charge in [-0.1, -0.05) is 12.8 Å². The van der Waals surface area contributed by atoms with Crippen LogP contribution in [-0.4, -0.2) is 39.1 Å². The molecule has 1 aliphatic heterocycles. The van der Waals surface area contributed by atoms with E-state index in [4.69, 9.17) is 0 Å². The Kier molecular flexibility index (Phi) is 3.83. The van der Waals surface area contributed by atoms with Crippen LogP contribution in [0, 0.1) is 5.92 Å². The van der Waals surface area contributed by atoms with Crippen molar-refractivity contribution in [3.05, 3.63) is 12.4 Å². The molecule has 0 spiro atoms. The number of likely N-dealkylation sites (tertiary alicyclic amines) is 1. The number of nitrogens with one attached hydrogen (secondary N) is 1. The number of anilines is 1. The summed E-state index contributed by atoms with van der Waals surface area (Å²) < 4.78 is 1.95. The van der Waals surface area contributed by atoms with Crippen molar-refractivity contribution >= 4 is 17.5 Å². The molecule has 0 bridgehead atoms. The molecule has 2 saturated carbocycles. The van der Waals surface area contributed by atoms with E-state index in [2.05, 4.69) is 10.4 Å². The maximum atomic E-state index is 12.5. The van der Waals surface area contributed by atoms with Gasteiger partial charge in [0, 0.05) is 25.2 Å². The number of nitrogens with zero attached hydrogens (tertiary/aromatic N) is 3. The van der Waals surface area contributed by atoms with Crippen molar-refractivity contribution in [2.24, 2.45) is 5.92 Å². The van der Waals surface area contributed by atoms with E-state index in [1.807, 2.05) is 15.8 Å². The van der Waals surface area contributed by atoms with E-state index in [-0.39, 0.29) is 17.7 Å². The summed E-state index contributed by atoms with van der Waals surface area (Å²) in [6.45, 7) is 0.575. The lowest BCUT2D eigenvalue weighted by Crippen LogP contribution is -2.35. The van der Waals surface area contributed by atoms with E-state index >= 15 is 0 Å². The summed E-state index contributed by atoms with van der Waals surface area (Å²) in [5.41, 5.74) is 0.744. The SMILES string of the molecule is O=C(Nc1cnn(C2CCC2)c1)C1CC(=O)N(C2CCCC2)C1. The summed E-state index contributed by atoms with van der Waals surface area (Å²) in [6, 6.07) is 0.855. The minimum absolute atomic E-state index is 0.0491. The molecule has 1 unspecified atom stereocenters. The number of aromatic nitrogens is 2. The second kappa shape index (κ2) is 5.98. The molecule has 23 heavy (non-hydrogen) atoms. The fourth-order valence-electron chi connectivity index (χ4n) is 3.97. The molecule has 1 aromatic heterocycles. The van der Waals surface area contributed by atoms with Gasteiger partial charge in [-0.25, -0.2) is 0 Å². The van der Waals surface area contributed by atoms with E-state index in [9.17, 15) is 9.59 Å². The Morgan fingerprint density at radius 2 is 1.87 bits per heavy atom. The summed E-state index contributed by atoms with van der Waals surface area (Å²) in [7, 11) is 0. The second-order valence-electron chi connectivity index (χ2n) is 7.17. The smallest absolute Gasteiger partial charge is 0.229 e. The van der Waals surface area contributed by atoms with Crippen molar-refractivity contribution in [1.29, 1.82) is 0 Å². The maximum absolute atomic E-state index is 12.5. The summed E-state index contributed by atoms with van der Waals surface area (Å²) >= 11 is 0. The van der Waals surface area contributed by atoms with E-state index < -0.39 is 0 Å². The summed E-state index contributed by atoms with van der Waals surface area (Å²) in [4.78, 5) is 26.6. The topological polar surface area (TPSA) is 67.2 Å². The van der Waals surface area contributed by atoms with Crippen LogP contribution in [0.1, 0.15) is 57.4 Å². The third-order valence-electron chi connectivity index (χ3n) is 5.61. The molecule has 1 N–H and O–H groups in total. The molecule has 1 aromatic rings. The van der Waals surface area contributed by atoms with Crippen LogP contribution < -0.4 is 5.32 Å². The maximum Gasteiger partial charge on any atom is 0.229 e. The van der Waals surface area contributed by atoms with Crippen LogP contribution in [0.3, 0.4) is 0 Å². The summed E-state index contributed by atoms with van der Waals surface area (Å²) in [5, 5.41) is 7.27. The Bertz CT molecular complexity index is 601. The standard InChI is InChI=1S/C17H24N4O2/c22-16-8-12(10-20(16)14-4-1-2-5-14)17(23)19-13-9-18-21(11-13)15-6-3-7-15/h9,11-12,14-15H,1-8,10H2,(H,19,23). The fourth-order valence-corrected chi connectivity index (χ4v) is 3.97. The lowest BCUT2D eigenvalue weighted by molar-refractivity contribution is -0.129. The molecule has 2 amide bonds. The van der Waals surface area contributed by atoms with Gasteiger partial charge in [0.25, 0.3) is 0 Å². The normalized spacial score (nSPS) is 25.8. The van der Waals surface area contributed by atoms with Crippen molar-refractivity contribution in [3.63, 3.8) is 0 Å². The number of carbonyl (C=O) groups excluding carboxylic acids is 2. The molecular formula is C17H24N4O2. The van der Waals surface area contributed by atoms with Crippen LogP contribution in [-0.2, 0) is 9.59 Å². The van der Waals surface area contributed by atoms with Crippen LogP contribution in [0.15, 0.2) is 12.4 Å². The molecular weight excluding hydrogens is 292 g/mol. The molecule has 0 aromatic carbocycles. The Balaban J connectivity index is 1.35. The molecule has 1 saturated heterocycles. The molecule has 2 heterocycles. The lowest BCUT2D eigenvalue weighted by Gasteiger charge is -2.25. The van der Waals surface area contributed by atoms with Crippen molar-refractivity contribution in [2.45, 2.75) is 63.5 Å². The fraction of sp³-hybridized carbons (Fsp3) is 0.706. The van der Waals surface area contributed by atoms with Gasteiger partial charge in [0.1, 0.15) is 0 Å². The highest BCUT2D eigenvalue weighted by atomic mass is 16.2. The van der Waals surface area contributed by atoms with Crippen molar-refractivity contribution in [3.8, 4) is 0 Å². The first-order valence-electron chi connectivity index (χ1n) is 8.85. The largest absolute Gasteiger partial charge is 0.339 e. The van der Waals surface area contributed by atoms with E-state index in [0.717, 1.165) is 18.5 Å². The summed E-state index contributed by atoms with van der Waals surface area (Å²) in [6.07, 6.45) is 12.1. The first-order chi connectivity index (χ1) is 11.2. The molecule has 3 fully saturated rings. The van der Waals surface area contributed by atoms with Gasteiger partial charge < -0.3 is 10.2 Å². The Morgan fingerprint density at radius 1 is 1.13 bits per heavy atom. The van der Waals surface area contributed by atoms with Crippen LogP contribution in [0.25, 0.3) is 0 Å². The van der Waals surface area contributed by atoms with E-state index in [1.165, 1.54) is 32.1 Å². The Hall–Kier alpha value is -1.85. The third-order valence-corrected chi connectivity index (χ3v) is 5.61. The van der Waals surface area contributed by atoms with Crippen LogP contribution in [0.5, 0.6) is 0 Å². The predicted molar refractivity (Wildman–Crippen MR) is 85.8 cm³/mol. The number of rotatable bonds is 4. The average Bonchev–Trinajstić information content (AvgIpc) is 3.17. The van der Waals surface area contributed by atoms with Crippen molar-refractivity contribution in [2.75, 3.05) is 11.9 Å². The zero-order chi connectivity index (χ0) is 15.8. The predicted octanol–water partition coefficient (Wildman–Crippen LogP) is 2.34. The van der Waals surface area contributed by atoms with Crippen molar-refractivity contribution in [1.82, 2.24) is 14.7 Å². The van der Waals surface area contributed by atoms with E-state index in [0.29, 0.717) is 25.0 Å². The third kappa shape index (κ3) is 2.86. The van der Waals surface area contributed by atoms with Crippen LogP contribution >= 0.6 is 0 Å². The second-order valence-corrected chi connectivity index (χ2v) is 7.17. The van der Waals surface area contributed by atoms with Gasteiger partial charge in [-0.15, -0.1) is 0 Å².